The Morgan fingerprint density at radius 2 is 1.82 bits per heavy atom. The molecule has 3 nitrogen and oxygen atoms in total. The third-order valence-electron chi connectivity index (χ3n) is 4.21. The highest BCUT2D eigenvalue weighted by atomic mass is 14.8. The molecule has 1 aromatic heterocycles. The van der Waals surface area contributed by atoms with E-state index in [0.717, 1.165) is 41.7 Å². The van der Waals surface area contributed by atoms with Crippen molar-refractivity contribution in [1.29, 1.82) is 0 Å². The monoisotopic (exact) mass is 287 g/mol. The summed E-state index contributed by atoms with van der Waals surface area (Å²) in [6, 6.07) is 14.3. The third-order valence-corrected chi connectivity index (χ3v) is 4.21. The van der Waals surface area contributed by atoms with Crippen LogP contribution in [-0.2, 0) is 12.8 Å². The first-order valence-electron chi connectivity index (χ1n) is 7.65. The molecular formula is C19H17N3. The van der Waals surface area contributed by atoms with Crippen LogP contribution in [0.2, 0.25) is 0 Å². The molecule has 0 radical (unpaired) electrons. The first-order valence-corrected chi connectivity index (χ1v) is 7.65. The molecule has 0 saturated heterocycles. The van der Waals surface area contributed by atoms with Crippen molar-refractivity contribution in [3.05, 3.63) is 65.5 Å². The van der Waals surface area contributed by atoms with Gasteiger partial charge in [-0.15, -0.1) is 0 Å². The highest BCUT2D eigenvalue weighted by Crippen LogP contribution is 2.30. The standard InChI is InChI=1S/C19H17N3/c1-13-5-4-8-17-16(13)11-14(21-17)9-10-15-12-20-18-6-2-3-7-19(18)22-15/h2-8,12H,9-11H2,1H3. The number of benzene rings is 2. The van der Waals surface area contributed by atoms with Crippen LogP contribution in [0.15, 0.2) is 53.7 Å². The Kier molecular flexibility index (Phi) is 3.19. The smallest absolute Gasteiger partial charge is 0.0890 e. The van der Waals surface area contributed by atoms with Crippen molar-refractivity contribution in [3.63, 3.8) is 0 Å². The van der Waals surface area contributed by atoms with Gasteiger partial charge >= 0.3 is 0 Å². The number of hydrogen-bond acceptors (Lipinski definition) is 3. The average Bonchev–Trinajstić information content (AvgIpc) is 2.97. The van der Waals surface area contributed by atoms with Gasteiger partial charge in [-0.3, -0.25) is 9.98 Å². The fourth-order valence-electron chi connectivity index (χ4n) is 2.97. The van der Waals surface area contributed by atoms with Crippen LogP contribution < -0.4 is 0 Å². The summed E-state index contributed by atoms with van der Waals surface area (Å²) in [6.45, 7) is 2.16. The Hall–Kier alpha value is -2.55. The van der Waals surface area contributed by atoms with Crippen molar-refractivity contribution >= 4 is 22.4 Å². The molecule has 0 bridgehead atoms. The molecule has 108 valence electrons. The van der Waals surface area contributed by atoms with Gasteiger partial charge in [0.2, 0.25) is 0 Å². The van der Waals surface area contributed by atoms with Crippen molar-refractivity contribution in [2.45, 2.75) is 26.2 Å². The molecule has 3 heteroatoms. The van der Waals surface area contributed by atoms with Gasteiger partial charge < -0.3 is 0 Å². The number of aryl methyl sites for hydroxylation is 2. The molecule has 1 aliphatic rings. The Morgan fingerprint density at radius 1 is 0.955 bits per heavy atom. The summed E-state index contributed by atoms with van der Waals surface area (Å²) >= 11 is 0. The molecule has 0 aliphatic carbocycles. The fourth-order valence-corrected chi connectivity index (χ4v) is 2.97. The summed E-state index contributed by atoms with van der Waals surface area (Å²) in [6.07, 6.45) is 4.70. The van der Waals surface area contributed by atoms with Crippen molar-refractivity contribution in [2.24, 2.45) is 4.99 Å². The van der Waals surface area contributed by atoms with E-state index < -0.39 is 0 Å². The molecule has 0 atom stereocenters. The maximum absolute atomic E-state index is 4.76. The second-order valence-electron chi connectivity index (χ2n) is 5.78. The zero-order valence-corrected chi connectivity index (χ0v) is 12.6. The van der Waals surface area contributed by atoms with Gasteiger partial charge in [-0.25, -0.2) is 4.98 Å². The summed E-state index contributed by atoms with van der Waals surface area (Å²) in [5, 5.41) is 0. The molecule has 0 spiro atoms. The number of aromatic nitrogens is 2. The van der Waals surface area contributed by atoms with E-state index in [0.29, 0.717) is 0 Å². The van der Waals surface area contributed by atoms with Crippen LogP contribution in [-0.4, -0.2) is 15.7 Å². The quantitative estimate of drug-likeness (QED) is 0.724. The Morgan fingerprint density at radius 3 is 2.68 bits per heavy atom. The van der Waals surface area contributed by atoms with E-state index in [9.17, 15) is 0 Å². The molecular weight excluding hydrogens is 270 g/mol. The van der Waals surface area contributed by atoms with E-state index in [1.165, 1.54) is 16.8 Å². The second kappa shape index (κ2) is 5.34. The minimum Gasteiger partial charge on any atom is -0.257 e. The van der Waals surface area contributed by atoms with Gasteiger partial charge in [-0.05, 0) is 49.1 Å². The predicted octanol–water partition coefficient (Wildman–Crippen LogP) is 4.20. The van der Waals surface area contributed by atoms with E-state index in [2.05, 4.69) is 35.1 Å². The van der Waals surface area contributed by atoms with Gasteiger partial charge in [0, 0.05) is 18.3 Å². The summed E-state index contributed by atoms with van der Waals surface area (Å²) in [7, 11) is 0. The van der Waals surface area contributed by atoms with Gasteiger partial charge in [0.15, 0.2) is 0 Å². The topological polar surface area (TPSA) is 38.1 Å². The lowest BCUT2D eigenvalue weighted by molar-refractivity contribution is 0.959. The normalized spacial score (nSPS) is 13.2. The highest BCUT2D eigenvalue weighted by molar-refractivity contribution is 5.94. The van der Waals surface area contributed by atoms with Gasteiger partial charge in [-0.1, -0.05) is 24.3 Å². The number of rotatable bonds is 3. The summed E-state index contributed by atoms with van der Waals surface area (Å²) in [5.41, 5.74) is 8.05. The Balaban J connectivity index is 1.50. The van der Waals surface area contributed by atoms with Gasteiger partial charge in [0.1, 0.15) is 0 Å². The molecule has 2 heterocycles. The molecule has 0 unspecified atom stereocenters. The molecule has 3 aromatic rings. The maximum Gasteiger partial charge on any atom is 0.0890 e. The van der Waals surface area contributed by atoms with E-state index in [1.54, 1.807) is 0 Å². The summed E-state index contributed by atoms with van der Waals surface area (Å²) in [5.74, 6) is 0. The van der Waals surface area contributed by atoms with Crippen LogP contribution >= 0.6 is 0 Å². The van der Waals surface area contributed by atoms with Crippen molar-refractivity contribution in [1.82, 2.24) is 9.97 Å². The van der Waals surface area contributed by atoms with Gasteiger partial charge in [-0.2, -0.15) is 0 Å². The number of para-hydroxylation sites is 2. The number of hydrogen-bond donors (Lipinski definition) is 0. The molecule has 1 aliphatic heterocycles. The Labute approximate surface area is 129 Å². The highest BCUT2D eigenvalue weighted by Gasteiger charge is 2.16. The lowest BCUT2D eigenvalue weighted by Gasteiger charge is -2.03. The van der Waals surface area contributed by atoms with Crippen LogP contribution in [0.4, 0.5) is 5.69 Å². The van der Waals surface area contributed by atoms with Crippen LogP contribution in [0.25, 0.3) is 11.0 Å². The lowest BCUT2D eigenvalue weighted by atomic mass is 10.0. The van der Waals surface area contributed by atoms with Crippen molar-refractivity contribution < 1.29 is 0 Å². The number of fused-ring (bicyclic) bond motifs is 2. The first-order chi connectivity index (χ1) is 10.8. The van der Waals surface area contributed by atoms with Crippen LogP contribution in [0.5, 0.6) is 0 Å². The van der Waals surface area contributed by atoms with Crippen LogP contribution in [0.3, 0.4) is 0 Å². The van der Waals surface area contributed by atoms with E-state index in [-0.39, 0.29) is 0 Å². The molecule has 2 aromatic carbocycles. The maximum atomic E-state index is 4.76. The van der Waals surface area contributed by atoms with Crippen molar-refractivity contribution in [2.75, 3.05) is 0 Å². The molecule has 0 fully saturated rings. The number of aliphatic imine (C=N–C) groups is 1. The van der Waals surface area contributed by atoms with E-state index in [1.807, 2.05) is 30.5 Å². The largest absolute Gasteiger partial charge is 0.257 e. The fraction of sp³-hybridized carbons (Fsp3) is 0.211. The molecule has 0 amide bonds. The van der Waals surface area contributed by atoms with Gasteiger partial charge in [0.05, 0.1) is 22.4 Å². The van der Waals surface area contributed by atoms with Gasteiger partial charge in [0.25, 0.3) is 0 Å². The van der Waals surface area contributed by atoms with Crippen molar-refractivity contribution in [3.8, 4) is 0 Å². The molecule has 4 rings (SSSR count). The van der Waals surface area contributed by atoms with E-state index in [4.69, 9.17) is 4.99 Å². The lowest BCUT2D eigenvalue weighted by Crippen LogP contribution is -2.02. The minimum atomic E-state index is 0.893. The summed E-state index contributed by atoms with van der Waals surface area (Å²) < 4.78 is 0. The first kappa shape index (κ1) is 13.1. The zero-order valence-electron chi connectivity index (χ0n) is 12.6. The average molecular weight is 287 g/mol. The number of nitrogens with zero attached hydrogens (tertiary/aromatic N) is 3. The van der Waals surface area contributed by atoms with Crippen LogP contribution in [0.1, 0.15) is 23.2 Å². The second-order valence-corrected chi connectivity index (χ2v) is 5.78. The Bertz CT molecular complexity index is 881. The SMILES string of the molecule is Cc1cccc2c1CC(CCc1cnc3ccccc3n1)=N2. The van der Waals surface area contributed by atoms with Crippen LogP contribution in [0, 0.1) is 6.92 Å². The molecule has 0 N–H and O–H groups in total. The van der Waals surface area contributed by atoms with E-state index >= 15 is 0 Å². The minimum absolute atomic E-state index is 0.893. The third kappa shape index (κ3) is 2.39. The zero-order chi connectivity index (χ0) is 14.9. The molecule has 22 heavy (non-hydrogen) atoms. The predicted molar refractivity (Wildman–Crippen MR) is 89.8 cm³/mol. The summed E-state index contributed by atoms with van der Waals surface area (Å²) in [4.78, 5) is 13.9. The molecule has 0 saturated carbocycles.